The maximum Gasteiger partial charge on any atom is 0.367 e. The predicted molar refractivity (Wildman–Crippen MR) is 42.2 cm³/mol. The van der Waals surface area contributed by atoms with E-state index in [1.54, 1.807) is 6.92 Å². The number of hydrogen-bond acceptors (Lipinski definition) is 4. The third-order valence-corrected chi connectivity index (χ3v) is 1.17. The van der Waals surface area contributed by atoms with Gasteiger partial charge in [-0.2, -0.15) is 4.39 Å². The summed E-state index contributed by atoms with van der Waals surface area (Å²) in [5, 5.41) is 0. The molecular formula is C8H8FNO3. The number of rotatable bonds is 3. The minimum absolute atomic E-state index is 0.0329. The third kappa shape index (κ3) is 2.70. The summed E-state index contributed by atoms with van der Waals surface area (Å²) in [5.74, 6) is -2.00. The van der Waals surface area contributed by atoms with Gasteiger partial charge in [-0.25, -0.2) is 9.78 Å². The Labute approximate surface area is 74.0 Å². The van der Waals surface area contributed by atoms with Crippen LogP contribution in [0.3, 0.4) is 0 Å². The van der Waals surface area contributed by atoms with Crippen molar-refractivity contribution in [3.8, 4) is 0 Å². The fraction of sp³-hybridized carbons (Fsp3) is 0.250. The van der Waals surface area contributed by atoms with Gasteiger partial charge >= 0.3 is 5.97 Å². The molecule has 1 heterocycles. The molecule has 0 fully saturated rings. The summed E-state index contributed by atoms with van der Waals surface area (Å²) >= 11 is 0. The highest BCUT2D eigenvalue weighted by molar-refractivity contribution is 5.90. The van der Waals surface area contributed by atoms with Crippen LogP contribution in [0, 0.1) is 0 Å². The van der Waals surface area contributed by atoms with Gasteiger partial charge in [0.05, 0.1) is 12.8 Å². The van der Waals surface area contributed by atoms with Crippen LogP contribution in [-0.4, -0.2) is 17.6 Å². The van der Waals surface area contributed by atoms with Gasteiger partial charge < -0.3 is 9.15 Å². The van der Waals surface area contributed by atoms with E-state index in [0.29, 0.717) is 0 Å². The zero-order valence-electron chi connectivity index (χ0n) is 6.99. The second-order valence-corrected chi connectivity index (χ2v) is 2.08. The van der Waals surface area contributed by atoms with E-state index >= 15 is 0 Å². The summed E-state index contributed by atoms with van der Waals surface area (Å²) in [6.07, 6.45) is 3.51. The zero-order chi connectivity index (χ0) is 9.68. The van der Waals surface area contributed by atoms with E-state index in [1.165, 1.54) is 12.5 Å². The highest BCUT2D eigenvalue weighted by Crippen LogP contribution is 2.06. The lowest BCUT2D eigenvalue weighted by Crippen LogP contribution is -2.03. The van der Waals surface area contributed by atoms with E-state index in [-0.39, 0.29) is 12.5 Å². The summed E-state index contributed by atoms with van der Waals surface area (Å²) in [7, 11) is 0. The van der Waals surface area contributed by atoms with Gasteiger partial charge in [0.1, 0.15) is 6.26 Å². The number of hydrogen-bond donors (Lipinski definition) is 0. The topological polar surface area (TPSA) is 52.3 Å². The minimum Gasteiger partial charge on any atom is -0.461 e. The second kappa shape index (κ2) is 4.39. The molecule has 1 aromatic rings. The maximum absolute atomic E-state index is 12.8. The lowest BCUT2D eigenvalue weighted by Gasteiger charge is -1.96. The van der Waals surface area contributed by atoms with E-state index < -0.39 is 11.8 Å². The van der Waals surface area contributed by atoms with Crippen molar-refractivity contribution in [2.45, 2.75) is 6.92 Å². The lowest BCUT2D eigenvalue weighted by molar-refractivity contribution is -0.140. The largest absolute Gasteiger partial charge is 0.461 e. The van der Waals surface area contributed by atoms with E-state index in [2.05, 4.69) is 9.72 Å². The lowest BCUT2D eigenvalue weighted by atomic mass is 10.4. The molecule has 1 rings (SSSR count). The van der Waals surface area contributed by atoms with Crippen molar-refractivity contribution >= 4 is 12.0 Å². The molecule has 0 aliphatic carbocycles. The molecule has 0 aromatic carbocycles. The summed E-state index contributed by atoms with van der Waals surface area (Å²) in [4.78, 5) is 14.3. The van der Waals surface area contributed by atoms with Crippen LogP contribution in [0.4, 0.5) is 4.39 Å². The Kier molecular flexibility index (Phi) is 3.19. The van der Waals surface area contributed by atoms with E-state index in [0.717, 1.165) is 6.08 Å². The maximum atomic E-state index is 12.8. The molecule has 0 atom stereocenters. The Balaban J connectivity index is 2.66. The van der Waals surface area contributed by atoms with E-state index in [9.17, 15) is 9.18 Å². The van der Waals surface area contributed by atoms with Crippen molar-refractivity contribution in [3.05, 3.63) is 24.2 Å². The van der Waals surface area contributed by atoms with Crippen LogP contribution in [0.15, 0.2) is 22.7 Å². The Hall–Kier alpha value is -1.65. The molecule has 0 aliphatic rings. The molecule has 0 N–H and O–H groups in total. The molecule has 0 unspecified atom stereocenters. The number of nitrogens with zero attached hydrogens (tertiary/aromatic N) is 1. The minimum atomic E-state index is -1.02. The van der Waals surface area contributed by atoms with Crippen LogP contribution in [0.25, 0.3) is 6.08 Å². The first kappa shape index (κ1) is 9.44. The second-order valence-electron chi connectivity index (χ2n) is 2.08. The van der Waals surface area contributed by atoms with Gasteiger partial charge in [-0.1, -0.05) is 0 Å². The molecule has 0 bridgehead atoms. The van der Waals surface area contributed by atoms with Crippen LogP contribution >= 0.6 is 0 Å². The summed E-state index contributed by atoms with van der Waals surface area (Å²) in [5.41, 5.74) is 0. The number of halogens is 1. The van der Waals surface area contributed by atoms with Crippen molar-refractivity contribution in [3.63, 3.8) is 0 Å². The van der Waals surface area contributed by atoms with Gasteiger partial charge in [0.2, 0.25) is 11.7 Å². The molecule has 13 heavy (non-hydrogen) atoms. The molecule has 1 aromatic heterocycles. The molecule has 70 valence electrons. The highest BCUT2D eigenvalue weighted by Gasteiger charge is 2.10. The Morgan fingerprint density at radius 2 is 2.62 bits per heavy atom. The number of ether oxygens (including phenoxy) is 1. The monoisotopic (exact) mass is 185 g/mol. The number of oxazole rings is 1. The van der Waals surface area contributed by atoms with Crippen molar-refractivity contribution in [1.29, 1.82) is 0 Å². The van der Waals surface area contributed by atoms with Crippen LogP contribution in [-0.2, 0) is 9.53 Å². The van der Waals surface area contributed by atoms with E-state index in [1.807, 2.05) is 0 Å². The SMILES string of the molecule is CCOC(=O)/C(F)=C/c1ncco1. The van der Waals surface area contributed by atoms with Gasteiger partial charge in [-0.05, 0) is 6.92 Å². The molecule has 0 saturated heterocycles. The van der Waals surface area contributed by atoms with Crippen molar-refractivity contribution in [2.75, 3.05) is 6.61 Å². The van der Waals surface area contributed by atoms with Crippen molar-refractivity contribution in [1.82, 2.24) is 4.98 Å². The molecule has 4 nitrogen and oxygen atoms in total. The predicted octanol–water partition coefficient (Wildman–Crippen LogP) is 1.55. The fourth-order valence-electron chi connectivity index (χ4n) is 0.673. The average Bonchev–Trinajstić information content (AvgIpc) is 2.57. The summed E-state index contributed by atoms with van der Waals surface area (Å²) in [6.45, 7) is 1.72. The Morgan fingerprint density at radius 1 is 1.85 bits per heavy atom. The van der Waals surface area contributed by atoms with Crippen molar-refractivity contribution in [2.24, 2.45) is 0 Å². The van der Waals surface area contributed by atoms with Gasteiger partial charge in [-0.15, -0.1) is 0 Å². The number of carbonyl (C=O) groups excluding carboxylic acids is 1. The normalized spacial score (nSPS) is 11.4. The van der Waals surface area contributed by atoms with Gasteiger partial charge in [0.25, 0.3) is 0 Å². The van der Waals surface area contributed by atoms with Crippen LogP contribution in [0.5, 0.6) is 0 Å². The summed E-state index contributed by atoms with van der Waals surface area (Å²) < 4.78 is 21.9. The first-order valence-electron chi connectivity index (χ1n) is 3.68. The Bertz CT molecular complexity index is 305. The highest BCUT2D eigenvalue weighted by atomic mass is 19.1. The van der Waals surface area contributed by atoms with Crippen molar-refractivity contribution < 1.29 is 18.3 Å². The molecule has 0 aliphatic heterocycles. The molecule has 0 radical (unpaired) electrons. The first-order valence-corrected chi connectivity index (χ1v) is 3.68. The smallest absolute Gasteiger partial charge is 0.367 e. The number of esters is 1. The molecule has 5 heteroatoms. The van der Waals surface area contributed by atoms with Crippen LogP contribution < -0.4 is 0 Å². The molecule has 0 spiro atoms. The molecule has 0 saturated carbocycles. The molecule has 0 amide bonds. The molecular weight excluding hydrogens is 177 g/mol. The summed E-state index contributed by atoms with van der Waals surface area (Å²) in [6, 6.07) is 0. The fourth-order valence-corrected chi connectivity index (χ4v) is 0.673. The van der Waals surface area contributed by atoms with Crippen LogP contribution in [0.2, 0.25) is 0 Å². The third-order valence-electron chi connectivity index (χ3n) is 1.17. The first-order chi connectivity index (χ1) is 6.24. The standard InChI is InChI=1S/C8H8FNO3/c1-2-12-8(11)6(9)5-7-10-3-4-13-7/h3-5H,2H2,1H3/b6-5-. The van der Waals surface area contributed by atoms with E-state index in [4.69, 9.17) is 4.42 Å². The Morgan fingerprint density at radius 3 is 3.15 bits per heavy atom. The zero-order valence-corrected chi connectivity index (χ0v) is 6.99. The van der Waals surface area contributed by atoms with Gasteiger partial charge in [0.15, 0.2) is 0 Å². The van der Waals surface area contributed by atoms with Gasteiger partial charge in [-0.3, -0.25) is 0 Å². The average molecular weight is 185 g/mol. The number of carbonyl (C=O) groups is 1. The van der Waals surface area contributed by atoms with Crippen LogP contribution in [0.1, 0.15) is 12.8 Å². The quantitative estimate of drug-likeness (QED) is 0.529. The number of aromatic nitrogens is 1. The van der Waals surface area contributed by atoms with Gasteiger partial charge in [0, 0.05) is 6.08 Å².